The third-order valence-corrected chi connectivity index (χ3v) is 4.42. The van der Waals surface area contributed by atoms with E-state index in [1.54, 1.807) is 0 Å². The predicted molar refractivity (Wildman–Crippen MR) is 95.8 cm³/mol. The van der Waals surface area contributed by atoms with Crippen molar-refractivity contribution in [1.29, 1.82) is 0 Å². The Kier molecular flexibility index (Phi) is 4.06. The molecule has 1 atom stereocenters. The Balaban J connectivity index is 1.59. The molecule has 0 radical (unpaired) electrons. The van der Waals surface area contributed by atoms with E-state index in [2.05, 4.69) is 46.9 Å². The minimum Gasteiger partial charge on any atom is -0.465 e. The molecule has 0 amide bonds. The molecule has 0 N–H and O–H groups in total. The van der Waals surface area contributed by atoms with Crippen molar-refractivity contribution in [2.75, 3.05) is 6.61 Å². The van der Waals surface area contributed by atoms with Crippen molar-refractivity contribution in [2.24, 2.45) is 4.99 Å². The van der Waals surface area contributed by atoms with Crippen LogP contribution in [0.4, 0.5) is 5.69 Å². The average molecular weight is 317 g/mol. The molecule has 120 valence electrons. The fraction of sp³-hybridized carbons (Fsp3) is 0.286. The van der Waals surface area contributed by atoms with Gasteiger partial charge in [-0.3, -0.25) is 0 Å². The second-order valence-electron chi connectivity index (χ2n) is 6.11. The summed E-state index contributed by atoms with van der Waals surface area (Å²) in [6.45, 7) is 2.82. The van der Waals surface area contributed by atoms with Gasteiger partial charge >= 0.3 is 0 Å². The summed E-state index contributed by atoms with van der Waals surface area (Å²) in [5.74, 6) is 3.71. The van der Waals surface area contributed by atoms with Crippen LogP contribution in [0.3, 0.4) is 0 Å². The first kappa shape index (κ1) is 15.0. The number of ether oxygens (including phenoxy) is 2. The van der Waals surface area contributed by atoms with Gasteiger partial charge in [0.05, 0.1) is 12.3 Å². The zero-order valence-electron chi connectivity index (χ0n) is 13.7. The molecule has 0 aliphatic carbocycles. The van der Waals surface area contributed by atoms with Crippen LogP contribution < -0.4 is 4.74 Å². The van der Waals surface area contributed by atoms with Gasteiger partial charge in [0.25, 0.3) is 0 Å². The maximum absolute atomic E-state index is 5.90. The summed E-state index contributed by atoms with van der Waals surface area (Å²) in [4.78, 5) is 4.40. The minimum atomic E-state index is -0.114. The Labute approximate surface area is 142 Å². The van der Waals surface area contributed by atoms with E-state index < -0.39 is 0 Å². The van der Waals surface area contributed by atoms with Gasteiger partial charge in [-0.1, -0.05) is 30.3 Å². The number of allylic oxidation sites excluding steroid dienone is 1. The van der Waals surface area contributed by atoms with Crippen molar-refractivity contribution < 1.29 is 9.47 Å². The number of rotatable bonds is 3. The average Bonchev–Trinajstić information content (AvgIpc) is 2.63. The molecule has 1 unspecified atom stereocenters. The van der Waals surface area contributed by atoms with Crippen LogP contribution >= 0.6 is 0 Å². The minimum absolute atomic E-state index is 0.114. The van der Waals surface area contributed by atoms with Crippen LogP contribution in [-0.2, 0) is 4.74 Å². The van der Waals surface area contributed by atoms with Crippen molar-refractivity contribution in [3.05, 3.63) is 53.8 Å². The van der Waals surface area contributed by atoms with Crippen molar-refractivity contribution in [2.45, 2.75) is 32.5 Å². The van der Waals surface area contributed by atoms with Crippen LogP contribution in [0.1, 0.15) is 31.7 Å². The van der Waals surface area contributed by atoms with Crippen LogP contribution in [0.25, 0.3) is 16.7 Å². The summed E-state index contributed by atoms with van der Waals surface area (Å²) < 4.78 is 11.5. The number of fused-ring (bicyclic) bond motifs is 1. The number of para-hydroxylation sites is 1. The monoisotopic (exact) mass is 317 g/mol. The normalized spacial score (nSPS) is 18.9. The van der Waals surface area contributed by atoms with Crippen molar-refractivity contribution in [3.8, 4) is 16.9 Å². The summed E-state index contributed by atoms with van der Waals surface area (Å²) in [6.07, 6.45) is 3.13. The van der Waals surface area contributed by atoms with E-state index in [0.29, 0.717) is 0 Å². The number of hydrogen-bond donors (Lipinski definition) is 0. The van der Waals surface area contributed by atoms with Gasteiger partial charge in [-0.05, 0) is 43.2 Å². The summed E-state index contributed by atoms with van der Waals surface area (Å²) in [6, 6.07) is 14.4. The number of hydrogen-bond acceptors (Lipinski definition) is 3. The lowest BCUT2D eigenvalue weighted by Gasteiger charge is -2.23. The molecule has 24 heavy (non-hydrogen) atoms. The van der Waals surface area contributed by atoms with E-state index in [9.17, 15) is 0 Å². The molecule has 3 heteroatoms. The molecule has 2 aromatic rings. The smallest absolute Gasteiger partial charge is 0.199 e. The quantitative estimate of drug-likeness (QED) is 0.735. The van der Waals surface area contributed by atoms with Gasteiger partial charge < -0.3 is 9.47 Å². The van der Waals surface area contributed by atoms with Gasteiger partial charge in [-0.15, -0.1) is 0 Å². The van der Waals surface area contributed by atoms with E-state index in [4.69, 9.17) is 9.47 Å². The summed E-state index contributed by atoms with van der Waals surface area (Å²) in [5.41, 5.74) is 8.39. The Morgan fingerprint density at radius 3 is 2.71 bits per heavy atom. The number of nitrogens with zero attached hydrogens (tertiary/aromatic N) is 1. The summed E-state index contributed by atoms with van der Waals surface area (Å²) in [5, 5.41) is 0. The third kappa shape index (κ3) is 2.93. The van der Waals surface area contributed by atoms with E-state index in [1.807, 2.05) is 19.1 Å². The fourth-order valence-electron chi connectivity index (χ4n) is 3.10. The van der Waals surface area contributed by atoms with E-state index >= 15 is 0 Å². The Morgan fingerprint density at radius 1 is 1.08 bits per heavy atom. The Bertz CT molecular complexity index is 848. The van der Waals surface area contributed by atoms with Gasteiger partial charge in [0.1, 0.15) is 5.75 Å². The largest absolute Gasteiger partial charge is 0.465 e. The molecule has 0 aromatic heterocycles. The highest BCUT2D eigenvalue weighted by molar-refractivity contribution is 5.91. The van der Waals surface area contributed by atoms with E-state index in [1.165, 1.54) is 0 Å². The second-order valence-corrected chi connectivity index (χ2v) is 6.11. The molecular weight excluding hydrogens is 298 g/mol. The van der Waals surface area contributed by atoms with Crippen LogP contribution in [0, 0.1) is 0 Å². The van der Waals surface area contributed by atoms with Gasteiger partial charge in [-0.25, -0.2) is 0 Å². The Morgan fingerprint density at radius 2 is 1.92 bits per heavy atom. The van der Waals surface area contributed by atoms with Gasteiger partial charge in [0.15, 0.2) is 6.29 Å². The predicted octanol–water partition coefficient (Wildman–Crippen LogP) is 5.13. The van der Waals surface area contributed by atoms with Crippen molar-refractivity contribution >= 4 is 17.1 Å². The maximum Gasteiger partial charge on any atom is 0.199 e. The van der Waals surface area contributed by atoms with E-state index in [-0.39, 0.29) is 6.29 Å². The molecule has 0 spiro atoms. The Hall–Kier alpha value is -2.57. The first-order valence-corrected chi connectivity index (χ1v) is 8.39. The molecule has 0 saturated carbocycles. The summed E-state index contributed by atoms with van der Waals surface area (Å²) in [7, 11) is 0. The molecule has 4 rings (SSSR count). The maximum atomic E-state index is 5.90. The molecule has 1 fully saturated rings. The first-order chi connectivity index (χ1) is 11.8. The fourth-order valence-corrected chi connectivity index (χ4v) is 3.10. The standard InChI is InChI=1S/C21H19NO2/c1-15-12-13-22-21-18(15)5-4-6-19(21)16-8-10-17(11-9-16)24-20-7-2-3-14-23-20/h4-6,8-11,20H,2-3,7,14H2,1H3. The van der Waals surface area contributed by atoms with Gasteiger partial charge in [-0.2, -0.15) is 4.99 Å². The SMILES string of the molecule is CC1=C=C=Nc2c1cccc2-c1ccc(OC2CCCCO2)cc1. The van der Waals surface area contributed by atoms with Crippen LogP contribution in [0.15, 0.2) is 53.2 Å². The molecule has 2 aliphatic heterocycles. The lowest BCUT2D eigenvalue weighted by Crippen LogP contribution is -2.24. The second kappa shape index (κ2) is 6.51. The molecule has 2 aromatic carbocycles. The molecule has 2 heterocycles. The van der Waals surface area contributed by atoms with Gasteiger partial charge in [0, 0.05) is 29.0 Å². The zero-order chi connectivity index (χ0) is 16.4. The molecule has 1 saturated heterocycles. The topological polar surface area (TPSA) is 30.8 Å². The lowest BCUT2D eigenvalue weighted by molar-refractivity contribution is -0.105. The van der Waals surface area contributed by atoms with Crippen LogP contribution in [0.2, 0.25) is 0 Å². The zero-order valence-corrected chi connectivity index (χ0v) is 13.7. The molecular formula is C21H19NO2. The van der Waals surface area contributed by atoms with Crippen molar-refractivity contribution in [1.82, 2.24) is 0 Å². The lowest BCUT2D eigenvalue weighted by atomic mass is 9.96. The van der Waals surface area contributed by atoms with Crippen LogP contribution in [-0.4, -0.2) is 18.8 Å². The first-order valence-electron chi connectivity index (χ1n) is 8.39. The van der Waals surface area contributed by atoms with E-state index in [0.717, 1.165) is 59.6 Å². The molecule has 2 aliphatic rings. The third-order valence-electron chi connectivity index (χ3n) is 4.42. The molecule has 0 bridgehead atoms. The highest BCUT2D eigenvalue weighted by Crippen LogP contribution is 2.37. The summed E-state index contributed by atoms with van der Waals surface area (Å²) >= 11 is 0. The highest BCUT2D eigenvalue weighted by atomic mass is 16.7. The number of aliphatic imine (C=N–C) groups is 1. The van der Waals surface area contributed by atoms with Crippen molar-refractivity contribution in [3.63, 3.8) is 0 Å². The highest BCUT2D eigenvalue weighted by Gasteiger charge is 2.16. The molecule has 3 nitrogen and oxygen atoms in total. The van der Waals surface area contributed by atoms with Crippen LogP contribution in [0.5, 0.6) is 5.75 Å². The number of benzene rings is 2. The van der Waals surface area contributed by atoms with Gasteiger partial charge in [0.2, 0.25) is 0 Å².